The Kier molecular flexibility index (Phi) is 6.16. The van der Waals surface area contributed by atoms with Gasteiger partial charge in [0, 0.05) is 11.5 Å². The van der Waals surface area contributed by atoms with Crippen LogP contribution in [-0.2, 0) is 6.42 Å². The van der Waals surface area contributed by atoms with Gasteiger partial charge in [0.15, 0.2) is 0 Å². The van der Waals surface area contributed by atoms with Gasteiger partial charge in [-0.05, 0) is 70.1 Å². The zero-order valence-corrected chi connectivity index (χ0v) is 16.8. The molecule has 3 atom stereocenters. The second kappa shape index (κ2) is 8.23. The van der Waals surface area contributed by atoms with Crippen LogP contribution in [0.25, 0.3) is 0 Å². The van der Waals surface area contributed by atoms with Crippen molar-refractivity contribution in [1.29, 1.82) is 0 Å². The highest BCUT2D eigenvalue weighted by Crippen LogP contribution is 2.39. The third-order valence-electron chi connectivity index (χ3n) is 5.18. The first-order valence-corrected chi connectivity index (χ1v) is 9.88. The molecule has 2 aromatic carbocycles. The number of benzene rings is 2. The summed E-state index contributed by atoms with van der Waals surface area (Å²) in [5.41, 5.74) is 0.825. The summed E-state index contributed by atoms with van der Waals surface area (Å²) in [5.74, 6) is -1.72. The van der Waals surface area contributed by atoms with Crippen molar-refractivity contribution in [2.75, 3.05) is 6.61 Å². The van der Waals surface area contributed by atoms with Crippen LogP contribution in [0.15, 0.2) is 28.7 Å². The van der Waals surface area contributed by atoms with Crippen molar-refractivity contribution in [3.63, 3.8) is 0 Å². The average Bonchev–Trinajstić information content (AvgIpc) is 2.63. The first-order valence-electron chi connectivity index (χ1n) is 9.09. The van der Waals surface area contributed by atoms with Crippen molar-refractivity contribution in [2.24, 2.45) is 5.92 Å². The SMILES string of the molecule is CCCC1COc2cc(C(C)C(O)c3cc(F)c(Br)cc3F)c(F)cc2C1. The molecule has 1 aliphatic heterocycles. The fourth-order valence-electron chi connectivity index (χ4n) is 3.63. The van der Waals surface area contributed by atoms with Gasteiger partial charge in [-0.2, -0.15) is 0 Å². The minimum absolute atomic E-state index is 0.0291. The van der Waals surface area contributed by atoms with Crippen LogP contribution in [0.3, 0.4) is 0 Å². The third-order valence-corrected chi connectivity index (χ3v) is 5.79. The zero-order chi connectivity index (χ0) is 19.7. The monoisotopic (exact) mass is 442 g/mol. The Labute approximate surface area is 165 Å². The van der Waals surface area contributed by atoms with E-state index >= 15 is 0 Å². The van der Waals surface area contributed by atoms with E-state index in [1.165, 1.54) is 6.07 Å². The van der Waals surface area contributed by atoms with Crippen LogP contribution < -0.4 is 4.74 Å². The predicted octanol–water partition coefficient (Wildman–Crippen LogP) is 6.05. The molecule has 0 spiro atoms. The van der Waals surface area contributed by atoms with Crippen molar-refractivity contribution in [1.82, 2.24) is 0 Å². The van der Waals surface area contributed by atoms with E-state index in [-0.39, 0.29) is 15.6 Å². The molecular weight excluding hydrogens is 421 g/mol. The standard InChI is InChI=1S/C21H22BrF3O2/c1-3-4-12-5-13-6-17(23)14(8-20(13)27-10-12)11(2)21(26)15-7-19(25)16(22)9-18(15)24/h6-9,11-12,21,26H,3-5,10H2,1-2H3. The van der Waals surface area contributed by atoms with Crippen LogP contribution in [0.5, 0.6) is 5.75 Å². The number of aliphatic hydroxyl groups excluding tert-OH is 1. The molecule has 1 N–H and O–H groups in total. The van der Waals surface area contributed by atoms with Gasteiger partial charge in [0.25, 0.3) is 0 Å². The Morgan fingerprint density at radius 3 is 2.52 bits per heavy atom. The van der Waals surface area contributed by atoms with Gasteiger partial charge >= 0.3 is 0 Å². The minimum Gasteiger partial charge on any atom is -0.493 e. The summed E-state index contributed by atoms with van der Waals surface area (Å²) in [7, 11) is 0. The predicted molar refractivity (Wildman–Crippen MR) is 101 cm³/mol. The number of halogens is 4. The molecule has 0 amide bonds. The maximum Gasteiger partial charge on any atom is 0.137 e. The Morgan fingerprint density at radius 2 is 1.81 bits per heavy atom. The minimum atomic E-state index is -1.39. The van der Waals surface area contributed by atoms with Crippen LogP contribution in [0, 0.1) is 23.4 Å². The lowest BCUT2D eigenvalue weighted by molar-refractivity contribution is 0.144. The molecule has 1 heterocycles. The van der Waals surface area contributed by atoms with Gasteiger partial charge in [-0.25, -0.2) is 13.2 Å². The third kappa shape index (κ3) is 4.16. The maximum absolute atomic E-state index is 14.7. The second-order valence-electron chi connectivity index (χ2n) is 7.17. The van der Waals surface area contributed by atoms with Gasteiger partial charge < -0.3 is 9.84 Å². The molecule has 0 bridgehead atoms. The Bertz CT molecular complexity index is 841. The topological polar surface area (TPSA) is 29.5 Å². The molecule has 0 radical (unpaired) electrons. The number of hydrogen-bond donors (Lipinski definition) is 1. The van der Waals surface area contributed by atoms with Gasteiger partial charge in [-0.1, -0.05) is 20.3 Å². The van der Waals surface area contributed by atoms with Gasteiger partial charge in [0.05, 0.1) is 17.2 Å². The van der Waals surface area contributed by atoms with Crippen LogP contribution in [0.4, 0.5) is 13.2 Å². The molecule has 3 rings (SSSR count). The molecule has 0 fully saturated rings. The quantitative estimate of drug-likeness (QED) is 0.570. The average molecular weight is 443 g/mol. The fourth-order valence-corrected chi connectivity index (χ4v) is 3.94. The Balaban J connectivity index is 1.89. The van der Waals surface area contributed by atoms with E-state index in [2.05, 4.69) is 22.9 Å². The highest BCUT2D eigenvalue weighted by atomic mass is 79.9. The molecule has 0 aromatic heterocycles. The van der Waals surface area contributed by atoms with Crippen molar-refractivity contribution < 1.29 is 23.0 Å². The van der Waals surface area contributed by atoms with Crippen molar-refractivity contribution in [3.8, 4) is 5.75 Å². The van der Waals surface area contributed by atoms with Gasteiger partial charge in [0.2, 0.25) is 0 Å². The summed E-state index contributed by atoms with van der Waals surface area (Å²) < 4.78 is 48.4. The lowest BCUT2D eigenvalue weighted by Crippen LogP contribution is -2.21. The lowest BCUT2D eigenvalue weighted by atomic mass is 9.87. The van der Waals surface area contributed by atoms with Crippen molar-refractivity contribution in [2.45, 2.75) is 45.1 Å². The largest absolute Gasteiger partial charge is 0.493 e. The van der Waals surface area contributed by atoms with E-state index in [0.717, 1.165) is 37.0 Å². The highest BCUT2D eigenvalue weighted by molar-refractivity contribution is 9.10. The summed E-state index contributed by atoms with van der Waals surface area (Å²) >= 11 is 2.91. The number of fused-ring (bicyclic) bond motifs is 1. The van der Waals surface area contributed by atoms with E-state index in [4.69, 9.17) is 4.74 Å². The first kappa shape index (κ1) is 20.2. The second-order valence-corrected chi connectivity index (χ2v) is 8.03. The van der Waals surface area contributed by atoms with Gasteiger partial charge in [-0.15, -0.1) is 0 Å². The van der Waals surface area contributed by atoms with Crippen molar-refractivity contribution in [3.05, 3.63) is 62.9 Å². The maximum atomic E-state index is 14.7. The number of aliphatic hydroxyl groups is 1. The molecule has 2 nitrogen and oxygen atoms in total. The normalized spacial score (nSPS) is 18.6. The van der Waals surface area contributed by atoms with E-state index in [1.807, 2.05) is 0 Å². The highest BCUT2D eigenvalue weighted by Gasteiger charge is 2.28. The molecule has 146 valence electrons. The molecule has 0 aliphatic carbocycles. The molecule has 3 unspecified atom stereocenters. The van der Waals surface area contributed by atoms with Gasteiger partial charge in [-0.3, -0.25) is 0 Å². The Morgan fingerprint density at radius 1 is 1.11 bits per heavy atom. The van der Waals surface area contributed by atoms with E-state index < -0.39 is 29.5 Å². The van der Waals surface area contributed by atoms with Gasteiger partial charge in [0.1, 0.15) is 23.2 Å². The fraction of sp³-hybridized carbons (Fsp3) is 0.429. The lowest BCUT2D eigenvalue weighted by Gasteiger charge is -2.27. The molecule has 1 aliphatic rings. The van der Waals surface area contributed by atoms with E-state index in [9.17, 15) is 18.3 Å². The number of hydrogen-bond acceptors (Lipinski definition) is 2. The molecule has 0 saturated heterocycles. The zero-order valence-electron chi connectivity index (χ0n) is 15.2. The molecule has 2 aromatic rings. The van der Waals surface area contributed by atoms with Crippen LogP contribution >= 0.6 is 15.9 Å². The van der Waals surface area contributed by atoms with Crippen molar-refractivity contribution >= 4 is 15.9 Å². The first-order chi connectivity index (χ1) is 12.8. The summed E-state index contributed by atoms with van der Waals surface area (Å²) in [6.45, 7) is 4.26. The summed E-state index contributed by atoms with van der Waals surface area (Å²) in [4.78, 5) is 0. The summed E-state index contributed by atoms with van der Waals surface area (Å²) in [5, 5.41) is 10.5. The smallest absolute Gasteiger partial charge is 0.137 e. The molecule has 0 saturated carbocycles. The van der Waals surface area contributed by atoms with E-state index in [0.29, 0.717) is 18.3 Å². The van der Waals surface area contributed by atoms with Crippen LogP contribution in [-0.4, -0.2) is 11.7 Å². The molecule has 27 heavy (non-hydrogen) atoms. The molecular formula is C21H22BrF3O2. The summed E-state index contributed by atoms with van der Waals surface area (Å²) in [6, 6.07) is 4.91. The van der Waals surface area contributed by atoms with E-state index in [1.54, 1.807) is 13.0 Å². The van der Waals surface area contributed by atoms with Crippen LogP contribution in [0.2, 0.25) is 0 Å². The summed E-state index contributed by atoms with van der Waals surface area (Å²) in [6.07, 6.45) is 1.43. The molecule has 6 heteroatoms. The number of rotatable bonds is 5. The Hall–Kier alpha value is -1.53. The number of ether oxygens (including phenoxy) is 1. The van der Waals surface area contributed by atoms with Crippen LogP contribution in [0.1, 0.15) is 55.4 Å².